The quantitative estimate of drug-likeness (QED) is 0.718. The van der Waals surface area contributed by atoms with E-state index in [4.69, 9.17) is 0 Å². The maximum absolute atomic E-state index is 10.8. The average molecular weight is 205 g/mol. The number of aromatic nitrogens is 2. The number of carboxylic acids is 1. The molecule has 14 heavy (non-hydrogen) atoms. The third kappa shape index (κ3) is 1.49. The van der Waals surface area contributed by atoms with Crippen molar-refractivity contribution < 1.29 is 9.90 Å². The Morgan fingerprint density at radius 2 is 2.14 bits per heavy atom. The van der Waals surface area contributed by atoms with E-state index < -0.39 is 5.97 Å². The first-order chi connectivity index (χ1) is 6.79. The van der Waals surface area contributed by atoms with Crippen LogP contribution in [-0.2, 0) is 0 Å². The van der Waals surface area contributed by atoms with Crippen molar-refractivity contribution in [3.63, 3.8) is 0 Å². The number of carboxylic acid groups (broad SMARTS) is 1. The van der Waals surface area contributed by atoms with Gasteiger partial charge in [-0.15, -0.1) is 5.10 Å². The van der Waals surface area contributed by atoms with Crippen LogP contribution < -0.4 is 5.11 Å². The number of aromatic carboxylic acids is 1. The minimum absolute atomic E-state index is 0.165. The minimum atomic E-state index is -1.19. The maximum Gasteiger partial charge on any atom is 0.0760 e. The molecule has 0 radical (unpaired) electrons. The van der Waals surface area contributed by atoms with Gasteiger partial charge in [-0.25, -0.2) is 0 Å². The smallest absolute Gasteiger partial charge is 0.0760 e. The molecule has 0 unspecified atom stereocenters. The van der Waals surface area contributed by atoms with Gasteiger partial charge in [-0.1, -0.05) is 28.8 Å². The Labute approximate surface area is 84.0 Å². The van der Waals surface area contributed by atoms with Crippen LogP contribution in [0.25, 0.3) is 10.4 Å². The van der Waals surface area contributed by atoms with Crippen LogP contribution in [0.5, 0.6) is 0 Å². The molecule has 0 fully saturated rings. The van der Waals surface area contributed by atoms with Gasteiger partial charge in [0, 0.05) is 11.1 Å². The lowest BCUT2D eigenvalue weighted by atomic mass is 10.1. The van der Waals surface area contributed by atoms with Gasteiger partial charge in [-0.3, -0.25) is 0 Å². The van der Waals surface area contributed by atoms with Crippen LogP contribution in [0, 0.1) is 0 Å². The van der Waals surface area contributed by atoms with Crippen molar-refractivity contribution in [3.05, 3.63) is 36.0 Å². The zero-order chi connectivity index (χ0) is 9.97. The van der Waals surface area contributed by atoms with Gasteiger partial charge < -0.3 is 9.90 Å². The van der Waals surface area contributed by atoms with E-state index in [-0.39, 0.29) is 5.56 Å². The van der Waals surface area contributed by atoms with Crippen LogP contribution in [0.15, 0.2) is 30.5 Å². The summed E-state index contributed by atoms with van der Waals surface area (Å²) in [4.78, 5) is 11.5. The Hall–Kier alpha value is -1.75. The SMILES string of the molecule is O=C([O-])c1ccccc1-c1cnns1. The second kappa shape index (κ2) is 3.55. The highest BCUT2D eigenvalue weighted by atomic mass is 32.1. The molecule has 70 valence electrons. The molecule has 0 atom stereocenters. The van der Waals surface area contributed by atoms with Crippen LogP contribution in [0.4, 0.5) is 0 Å². The molecule has 2 aromatic rings. The molecule has 0 saturated heterocycles. The molecule has 0 saturated carbocycles. The summed E-state index contributed by atoms with van der Waals surface area (Å²) in [5.74, 6) is -1.19. The number of nitrogens with zero attached hydrogens (tertiary/aromatic N) is 2. The molecule has 0 spiro atoms. The van der Waals surface area contributed by atoms with Gasteiger partial charge in [0.1, 0.15) is 0 Å². The third-order valence-corrected chi connectivity index (χ3v) is 2.47. The molecule has 0 aliphatic rings. The molecule has 0 aliphatic heterocycles. The Bertz CT molecular complexity index is 454. The summed E-state index contributed by atoms with van der Waals surface area (Å²) in [7, 11) is 0. The molecule has 0 N–H and O–H groups in total. The van der Waals surface area contributed by atoms with Gasteiger partial charge in [0.05, 0.1) is 17.0 Å². The van der Waals surface area contributed by atoms with Crippen LogP contribution >= 0.6 is 11.5 Å². The van der Waals surface area contributed by atoms with Gasteiger partial charge in [0.2, 0.25) is 0 Å². The van der Waals surface area contributed by atoms with Crippen molar-refractivity contribution in [1.82, 2.24) is 9.59 Å². The molecular weight excluding hydrogens is 200 g/mol. The fourth-order valence-electron chi connectivity index (χ4n) is 1.16. The van der Waals surface area contributed by atoms with Crippen LogP contribution in [0.1, 0.15) is 10.4 Å². The lowest BCUT2D eigenvalue weighted by Gasteiger charge is -2.06. The summed E-state index contributed by atoms with van der Waals surface area (Å²) in [5.41, 5.74) is 0.765. The van der Waals surface area contributed by atoms with Crippen molar-refractivity contribution >= 4 is 17.5 Å². The first kappa shape index (κ1) is 8.83. The summed E-state index contributed by atoms with van der Waals surface area (Å²) >= 11 is 1.16. The molecule has 4 nitrogen and oxygen atoms in total. The first-order valence-electron chi connectivity index (χ1n) is 3.87. The molecular formula is C9H5N2O2S-. The van der Waals surface area contributed by atoms with E-state index in [2.05, 4.69) is 9.59 Å². The number of carbonyl (C=O) groups excluding carboxylic acids is 1. The highest BCUT2D eigenvalue weighted by molar-refractivity contribution is 7.09. The van der Waals surface area contributed by atoms with Gasteiger partial charge in [0.15, 0.2) is 0 Å². The predicted octanol–water partition coefficient (Wildman–Crippen LogP) is 0.569. The normalized spacial score (nSPS) is 10.0. The fraction of sp³-hybridized carbons (Fsp3) is 0. The van der Waals surface area contributed by atoms with Gasteiger partial charge in [0.25, 0.3) is 0 Å². The Morgan fingerprint density at radius 3 is 2.79 bits per heavy atom. The zero-order valence-electron chi connectivity index (χ0n) is 7.01. The molecule has 0 amide bonds. The van der Waals surface area contributed by atoms with Crippen molar-refractivity contribution in [1.29, 1.82) is 0 Å². The Morgan fingerprint density at radius 1 is 1.36 bits per heavy atom. The summed E-state index contributed by atoms with van der Waals surface area (Å²) in [6, 6.07) is 6.63. The van der Waals surface area contributed by atoms with E-state index in [0.717, 1.165) is 16.4 Å². The van der Waals surface area contributed by atoms with Gasteiger partial charge in [-0.05, 0) is 11.5 Å². The van der Waals surface area contributed by atoms with Crippen LogP contribution in [0.3, 0.4) is 0 Å². The number of carbonyl (C=O) groups is 1. The first-order valence-corrected chi connectivity index (χ1v) is 4.64. The number of hydrogen-bond donors (Lipinski definition) is 0. The predicted molar refractivity (Wildman–Crippen MR) is 49.7 cm³/mol. The third-order valence-electron chi connectivity index (χ3n) is 1.77. The van der Waals surface area contributed by atoms with E-state index in [1.165, 1.54) is 12.3 Å². The second-order valence-electron chi connectivity index (χ2n) is 2.61. The summed E-state index contributed by atoms with van der Waals surface area (Å²) in [5, 5.41) is 14.4. The summed E-state index contributed by atoms with van der Waals surface area (Å²) in [6.45, 7) is 0. The van der Waals surface area contributed by atoms with Gasteiger partial charge in [-0.2, -0.15) is 0 Å². The molecule has 1 aromatic carbocycles. The highest BCUT2D eigenvalue weighted by Gasteiger charge is 2.06. The largest absolute Gasteiger partial charge is 0.545 e. The molecule has 5 heteroatoms. The summed E-state index contributed by atoms with van der Waals surface area (Å²) < 4.78 is 3.68. The van der Waals surface area contributed by atoms with Crippen molar-refractivity contribution in [2.24, 2.45) is 0 Å². The topological polar surface area (TPSA) is 65.9 Å². The minimum Gasteiger partial charge on any atom is -0.545 e. The van der Waals surface area contributed by atoms with Crippen molar-refractivity contribution in [2.75, 3.05) is 0 Å². The molecule has 0 bridgehead atoms. The van der Waals surface area contributed by atoms with Crippen molar-refractivity contribution in [3.8, 4) is 10.4 Å². The standard InChI is InChI=1S/C9H6N2O2S/c12-9(13)7-4-2-1-3-6(7)8-5-10-11-14-8/h1-5H,(H,12,13)/p-1. The van der Waals surface area contributed by atoms with Gasteiger partial charge >= 0.3 is 0 Å². The Balaban J connectivity index is 2.58. The fourth-order valence-corrected chi connectivity index (χ4v) is 1.71. The molecule has 2 rings (SSSR count). The number of benzene rings is 1. The summed E-state index contributed by atoms with van der Waals surface area (Å²) in [6.07, 6.45) is 1.53. The molecule has 1 heterocycles. The number of hydrogen-bond acceptors (Lipinski definition) is 5. The van der Waals surface area contributed by atoms with E-state index >= 15 is 0 Å². The van der Waals surface area contributed by atoms with E-state index in [1.54, 1.807) is 18.2 Å². The highest BCUT2D eigenvalue weighted by Crippen LogP contribution is 2.24. The van der Waals surface area contributed by atoms with E-state index in [9.17, 15) is 9.90 Å². The average Bonchev–Trinajstić information content (AvgIpc) is 2.70. The van der Waals surface area contributed by atoms with E-state index in [1.807, 2.05) is 0 Å². The Kier molecular flexibility index (Phi) is 2.24. The zero-order valence-corrected chi connectivity index (χ0v) is 7.82. The second-order valence-corrected chi connectivity index (χ2v) is 3.40. The lowest BCUT2D eigenvalue weighted by molar-refractivity contribution is -0.254. The number of rotatable bonds is 2. The van der Waals surface area contributed by atoms with Crippen LogP contribution in [-0.4, -0.2) is 15.6 Å². The molecule has 0 aliphatic carbocycles. The van der Waals surface area contributed by atoms with Crippen molar-refractivity contribution in [2.45, 2.75) is 0 Å². The monoisotopic (exact) mass is 205 g/mol. The maximum atomic E-state index is 10.8. The molecule has 1 aromatic heterocycles. The lowest BCUT2D eigenvalue weighted by Crippen LogP contribution is -2.22. The van der Waals surface area contributed by atoms with E-state index in [0.29, 0.717) is 5.56 Å². The van der Waals surface area contributed by atoms with Crippen LogP contribution in [0.2, 0.25) is 0 Å².